The van der Waals surface area contributed by atoms with Crippen LogP contribution in [0.15, 0.2) is 18.3 Å². The zero-order valence-electron chi connectivity index (χ0n) is 9.30. The monoisotopic (exact) mass is 247 g/mol. The lowest BCUT2D eigenvalue weighted by molar-refractivity contribution is 0.0941. The number of imidazole rings is 1. The van der Waals surface area contributed by atoms with Crippen molar-refractivity contribution < 1.29 is 4.74 Å². The SMILES string of the molecule is S=c1[nH]c2cccnc2n1C1CC2CCC1O2. The quantitative estimate of drug-likeness (QED) is 0.788. The molecule has 0 spiro atoms. The van der Waals surface area contributed by atoms with Crippen LogP contribution in [-0.2, 0) is 4.74 Å². The topological polar surface area (TPSA) is 42.8 Å². The summed E-state index contributed by atoms with van der Waals surface area (Å²) in [6, 6.07) is 4.31. The van der Waals surface area contributed by atoms with Gasteiger partial charge in [0.2, 0.25) is 0 Å². The molecule has 0 radical (unpaired) electrons. The summed E-state index contributed by atoms with van der Waals surface area (Å²) in [4.78, 5) is 7.66. The number of nitrogens with zero attached hydrogens (tertiary/aromatic N) is 2. The second-order valence-electron chi connectivity index (χ2n) is 4.85. The van der Waals surface area contributed by atoms with Gasteiger partial charge in [0.25, 0.3) is 0 Å². The van der Waals surface area contributed by atoms with Crippen LogP contribution in [0.5, 0.6) is 0 Å². The molecule has 2 aliphatic rings. The zero-order valence-corrected chi connectivity index (χ0v) is 10.1. The normalized spacial score (nSPS) is 31.4. The molecule has 5 heteroatoms. The van der Waals surface area contributed by atoms with E-state index < -0.39 is 0 Å². The lowest BCUT2D eigenvalue weighted by Gasteiger charge is -2.20. The molecule has 4 heterocycles. The van der Waals surface area contributed by atoms with Crippen molar-refractivity contribution in [1.82, 2.24) is 14.5 Å². The summed E-state index contributed by atoms with van der Waals surface area (Å²) in [7, 11) is 0. The molecule has 88 valence electrons. The van der Waals surface area contributed by atoms with Gasteiger partial charge in [-0.1, -0.05) is 0 Å². The first-order chi connectivity index (χ1) is 8.33. The van der Waals surface area contributed by atoms with Crippen molar-refractivity contribution in [3.05, 3.63) is 23.1 Å². The van der Waals surface area contributed by atoms with Crippen LogP contribution in [0.2, 0.25) is 0 Å². The van der Waals surface area contributed by atoms with Crippen LogP contribution in [0, 0.1) is 4.77 Å². The van der Waals surface area contributed by atoms with E-state index in [1.807, 2.05) is 18.3 Å². The predicted molar refractivity (Wildman–Crippen MR) is 66.5 cm³/mol. The third-order valence-electron chi connectivity index (χ3n) is 3.88. The molecule has 17 heavy (non-hydrogen) atoms. The lowest BCUT2D eigenvalue weighted by Crippen LogP contribution is -2.21. The fourth-order valence-corrected chi connectivity index (χ4v) is 3.48. The van der Waals surface area contributed by atoms with E-state index in [1.54, 1.807) is 0 Å². The molecule has 4 nitrogen and oxygen atoms in total. The highest BCUT2D eigenvalue weighted by atomic mass is 32.1. The molecule has 2 aromatic heterocycles. The van der Waals surface area contributed by atoms with E-state index in [1.165, 1.54) is 6.42 Å². The van der Waals surface area contributed by atoms with Crippen LogP contribution in [-0.4, -0.2) is 26.7 Å². The average molecular weight is 247 g/mol. The highest BCUT2D eigenvalue weighted by molar-refractivity contribution is 7.71. The smallest absolute Gasteiger partial charge is 0.179 e. The summed E-state index contributed by atoms with van der Waals surface area (Å²) in [6.45, 7) is 0. The Labute approximate surface area is 104 Å². The third kappa shape index (κ3) is 1.32. The molecule has 3 unspecified atom stereocenters. The second kappa shape index (κ2) is 3.40. The predicted octanol–water partition coefficient (Wildman–Crippen LogP) is 2.59. The van der Waals surface area contributed by atoms with Gasteiger partial charge in [0.1, 0.15) is 0 Å². The maximum absolute atomic E-state index is 5.90. The molecule has 2 aromatic rings. The lowest BCUT2D eigenvalue weighted by atomic mass is 9.95. The Hall–Kier alpha value is -1.20. The number of nitrogens with one attached hydrogen (secondary N) is 1. The summed E-state index contributed by atoms with van der Waals surface area (Å²) in [5, 5.41) is 0. The zero-order chi connectivity index (χ0) is 11.4. The minimum atomic E-state index is 0.327. The van der Waals surface area contributed by atoms with Crippen LogP contribution < -0.4 is 0 Å². The molecule has 0 aromatic carbocycles. The fourth-order valence-electron chi connectivity index (χ4n) is 3.15. The van der Waals surface area contributed by atoms with Gasteiger partial charge in [-0.3, -0.25) is 4.57 Å². The number of aromatic nitrogens is 3. The Morgan fingerprint density at radius 2 is 2.41 bits per heavy atom. The maximum atomic E-state index is 5.90. The summed E-state index contributed by atoms with van der Waals surface area (Å²) >= 11 is 5.42. The van der Waals surface area contributed by atoms with Gasteiger partial charge < -0.3 is 9.72 Å². The fraction of sp³-hybridized carbons (Fsp3) is 0.500. The Kier molecular flexibility index (Phi) is 1.96. The molecule has 2 saturated heterocycles. The van der Waals surface area contributed by atoms with Crippen LogP contribution in [0.4, 0.5) is 0 Å². The van der Waals surface area contributed by atoms with Crippen LogP contribution >= 0.6 is 12.2 Å². The van der Waals surface area contributed by atoms with Crippen LogP contribution in [0.3, 0.4) is 0 Å². The van der Waals surface area contributed by atoms with Gasteiger partial charge in [0.15, 0.2) is 10.4 Å². The number of H-pyrrole nitrogens is 1. The number of aromatic amines is 1. The first-order valence-corrected chi connectivity index (χ1v) is 6.44. The highest BCUT2D eigenvalue weighted by Crippen LogP contribution is 2.42. The van der Waals surface area contributed by atoms with Crippen LogP contribution in [0.25, 0.3) is 11.2 Å². The number of pyridine rings is 1. The minimum Gasteiger partial charge on any atom is -0.373 e. The average Bonchev–Trinajstić information content (AvgIpc) is 2.99. The van der Waals surface area contributed by atoms with Gasteiger partial charge in [0, 0.05) is 6.20 Å². The molecule has 2 bridgehead atoms. The summed E-state index contributed by atoms with van der Waals surface area (Å²) in [5.41, 5.74) is 1.97. The molecular formula is C12H13N3OS. The van der Waals surface area contributed by atoms with E-state index in [2.05, 4.69) is 14.5 Å². The van der Waals surface area contributed by atoms with E-state index in [0.29, 0.717) is 18.2 Å². The molecule has 1 N–H and O–H groups in total. The third-order valence-corrected chi connectivity index (χ3v) is 4.18. The molecule has 2 aliphatic heterocycles. The second-order valence-corrected chi connectivity index (χ2v) is 5.24. The van der Waals surface area contributed by atoms with Crippen molar-refractivity contribution in [2.24, 2.45) is 0 Å². The molecule has 0 amide bonds. The van der Waals surface area contributed by atoms with Gasteiger partial charge in [-0.25, -0.2) is 4.98 Å². The number of ether oxygens (including phenoxy) is 1. The number of hydrogen-bond acceptors (Lipinski definition) is 3. The summed E-state index contributed by atoms with van der Waals surface area (Å²) in [6.07, 6.45) is 5.99. The first-order valence-electron chi connectivity index (χ1n) is 6.03. The van der Waals surface area contributed by atoms with E-state index in [-0.39, 0.29) is 0 Å². The van der Waals surface area contributed by atoms with Crippen molar-refractivity contribution in [2.75, 3.05) is 0 Å². The molecule has 2 fully saturated rings. The van der Waals surface area contributed by atoms with E-state index >= 15 is 0 Å². The Balaban J connectivity index is 1.90. The van der Waals surface area contributed by atoms with Crippen molar-refractivity contribution in [2.45, 2.75) is 37.5 Å². The largest absolute Gasteiger partial charge is 0.373 e. The Bertz CT molecular complexity index is 632. The van der Waals surface area contributed by atoms with Gasteiger partial charge in [0.05, 0.1) is 23.8 Å². The van der Waals surface area contributed by atoms with Crippen molar-refractivity contribution in [3.63, 3.8) is 0 Å². The molecule has 3 atom stereocenters. The Morgan fingerprint density at radius 1 is 1.47 bits per heavy atom. The van der Waals surface area contributed by atoms with Crippen molar-refractivity contribution in [3.8, 4) is 0 Å². The van der Waals surface area contributed by atoms with E-state index in [4.69, 9.17) is 17.0 Å². The molecule has 0 saturated carbocycles. The van der Waals surface area contributed by atoms with E-state index in [0.717, 1.165) is 28.8 Å². The first kappa shape index (κ1) is 9.79. The molecule has 0 aliphatic carbocycles. The Morgan fingerprint density at radius 3 is 3.18 bits per heavy atom. The highest BCUT2D eigenvalue weighted by Gasteiger charge is 2.42. The van der Waals surface area contributed by atoms with Crippen molar-refractivity contribution >= 4 is 23.4 Å². The maximum Gasteiger partial charge on any atom is 0.179 e. The standard InChI is InChI=1S/C12H13N3OS/c17-12-14-8-2-1-5-13-11(8)15(12)9-6-7-3-4-10(9)16-7/h1-2,5,7,9-10H,3-4,6H2,(H,14,17). The number of hydrogen-bond donors (Lipinski definition) is 1. The van der Waals surface area contributed by atoms with E-state index in [9.17, 15) is 0 Å². The van der Waals surface area contributed by atoms with Gasteiger partial charge in [-0.05, 0) is 43.6 Å². The minimum absolute atomic E-state index is 0.327. The van der Waals surface area contributed by atoms with Gasteiger partial charge >= 0.3 is 0 Å². The summed E-state index contributed by atoms with van der Waals surface area (Å²) < 4.78 is 8.81. The molecular weight excluding hydrogens is 234 g/mol. The number of rotatable bonds is 1. The summed E-state index contributed by atoms with van der Waals surface area (Å²) in [5.74, 6) is 0. The number of fused-ring (bicyclic) bond motifs is 3. The van der Waals surface area contributed by atoms with Crippen LogP contribution in [0.1, 0.15) is 25.3 Å². The van der Waals surface area contributed by atoms with Gasteiger partial charge in [-0.2, -0.15) is 0 Å². The van der Waals surface area contributed by atoms with Crippen molar-refractivity contribution in [1.29, 1.82) is 0 Å². The van der Waals surface area contributed by atoms with Gasteiger partial charge in [-0.15, -0.1) is 0 Å². The molecule has 4 rings (SSSR count).